The molecule has 0 aromatic carbocycles. The Morgan fingerprint density at radius 1 is 0.293 bits per heavy atom. The normalized spacial score (nSPS) is 12.4. The van der Waals surface area contributed by atoms with Gasteiger partial charge in [-0.3, -0.25) is 0 Å². The predicted octanol–water partition coefficient (Wildman–Crippen LogP) is 13.4. The van der Waals surface area contributed by atoms with Crippen molar-refractivity contribution < 1.29 is 7.56 Å². The van der Waals surface area contributed by atoms with E-state index < -0.39 is 38.4 Å². The van der Waals surface area contributed by atoms with Crippen molar-refractivity contribution in [3.63, 3.8) is 0 Å². The van der Waals surface area contributed by atoms with E-state index in [-0.39, 0.29) is 0 Å². The van der Waals surface area contributed by atoms with Crippen molar-refractivity contribution in [2.75, 3.05) is 13.2 Å². The van der Waals surface area contributed by atoms with E-state index in [0.717, 1.165) is 13.2 Å². The summed E-state index contributed by atoms with van der Waals surface area (Å²) >= 11 is -6.53. The summed E-state index contributed by atoms with van der Waals surface area (Å²) in [5, 5.41) is 0. The van der Waals surface area contributed by atoms with Crippen molar-refractivity contribution in [2.45, 2.75) is 213 Å². The van der Waals surface area contributed by atoms with Crippen molar-refractivity contribution in [3.8, 4) is 0 Å². The maximum absolute atomic E-state index is 7.79. The molecule has 248 valence electrons. The Hall–Kier alpha value is 1.48. The molecule has 0 heterocycles. The molecule has 0 amide bonds. The topological polar surface area (TPSA) is 27.7 Å². The van der Waals surface area contributed by atoms with Crippen LogP contribution >= 0.6 is 0 Å². The molecule has 0 aromatic heterocycles. The van der Waals surface area contributed by atoms with Crippen LogP contribution in [0, 0.1) is 0 Å². The zero-order valence-electron chi connectivity index (χ0n) is 29.4. The number of unbranched alkanes of at least 4 members (excludes halogenated alkanes) is 20. The molecule has 5 heteroatoms. The van der Waals surface area contributed by atoms with E-state index in [0.29, 0.717) is 0 Å². The average Bonchev–Trinajstić information content (AvgIpc) is 2.96. The molecule has 0 saturated carbocycles. The van der Waals surface area contributed by atoms with Crippen LogP contribution in [0.2, 0.25) is 17.7 Å². The van der Waals surface area contributed by atoms with Crippen molar-refractivity contribution in [1.82, 2.24) is 0 Å². The molecule has 41 heavy (non-hydrogen) atoms. The molecule has 0 aliphatic heterocycles. The molecule has 0 unspecified atom stereocenters. The Kier molecular flexibility index (Phi) is 32.6. The van der Waals surface area contributed by atoms with Crippen molar-refractivity contribution >= 4 is 38.4 Å². The number of hydrogen-bond donors (Lipinski definition) is 0. The van der Waals surface area contributed by atoms with Crippen LogP contribution in [0.25, 0.3) is 0 Å². The monoisotopic (exact) mass is 798 g/mol. The molecular formula is C36H78O3Sn2. The fraction of sp³-hybridized carbons (Fsp3) is 1.00. The Morgan fingerprint density at radius 2 is 0.512 bits per heavy atom. The minimum atomic E-state index is -3.26. The minimum absolute atomic E-state index is 0.837. The van der Waals surface area contributed by atoms with Crippen LogP contribution in [-0.4, -0.2) is 51.6 Å². The second kappa shape index (κ2) is 31.5. The Labute approximate surface area is 270 Å². The van der Waals surface area contributed by atoms with Crippen LogP contribution < -0.4 is 0 Å². The first-order valence-electron chi connectivity index (χ1n) is 19.1. The standard InChI is InChI=1S/4C8H17.2C2H5O.O.2Sn/c4*1-3-5-7-8-6-4-2;2*1-2-3;;;/h4*1,3-8H2,2H3;2*2H2,1H3;;;/q;;;;2*-1;;2*+1. The van der Waals surface area contributed by atoms with Gasteiger partial charge in [0, 0.05) is 0 Å². The summed E-state index contributed by atoms with van der Waals surface area (Å²) in [6.45, 7) is 15.4. The third-order valence-corrected chi connectivity index (χ3v) is 42.6. The molecule has 0 bridgehead atoms. The van der Waals surface area contributed by atoms with E-state index in [1.807, 2.05) is 0 Å². The van der Waals surface area contributed by atoms with Gasteiger partial charge in [-0.15, -0.1) is 0 Å². The van der Waals surface area contributed by atoms with Crippen LogP contribution in [0.4, 0.5) is 0 Å². The molecular weight excluding hydrogens is 718 g/mol. The SMILES string of the molecule is CCCCCCC[CH2][Sn]([CH2]CCCCCCC)([O]CC)[O][Sn]([CH2]CCCCCCC)([CH2]CCCCCCC)[O]CC. The van der Waals surface area contributed by atoms with Gasteiger partial charge < -0.3 is 0 Å². The Morgan fingerprint density at radius 3 is 0.732 bits per heavy atom. The summed E-state index contributed by atoms with van der Waals surface area (Å²) in [5.41, 5.74) is 0. The fourth-order valence-electron chi connectivity index (χ4n) is 6.37. The Balaban J connectivity index is 5.69. The molecule has 0 spiro atoms. The second-order valence-electron chi connectivity index (χ2n) is 12.9. The summed E-state index contributed by atoms with van der Waals surface area (Å²) in [5.74, 6) is 0. The Bertz CT molecular complexity index is 441. The molecule has 0 saturated heterocycles. The molecule has 0 radical (unpaired) electrons. The van der Waals surface area contributed by atoms with Gasteiger partial charge in [-0.2, -0.15) is 0 Å². The summed E-state index contributed by atoms with van der Waals surface area (Å²) in [4.78, 5) is 0. The van der Waals surface area contributed by atoms with E-state index in [1.165, 1.54) is 172 Å². The number of rotatable bonds is 34. The predicted molar refractivity (Wildman–Crippen MR) is 189 cm³/mol. The molecule has 0 N–H and O–H groups in total. The fourth-order valence-corrected chi connectivity index (χ4v) is 47.9. The maximum atomic E-state index is 7.79. The van der Waals surface area contributed by atoms with Gasteiger partial charge in [0.2, 0.25) is 0 Å². The van der Waals surface area contributed by atoms with Crippen LogP contribution in [0.15, 0.2) is 0 Å². The zero-order chi connectivity index (χ0) is 30.3. The van der Waals surface area contributed by atoms with Gasteiger partial charge in [0.15, 0.2) is 0 Å². The molecule has 0 rings (SSSR count). The van der Waals surface area contributed by atoms with Crippen molar-refractivity contribution in [1.29, 1.82) is 0 Å². The van der Waals surface area contributed by atoms with Crippen molar-refractivity contribution in [2.24, 2.45) is 0 Å². The molecule has 3 nitrogen and oxygen atoms in total. The molecule has 0 fully saturated rings. The zero-order valence-corrected chi connectivity index (χ0v) is 35.1. The first kappa shape index (κ1) is 42.5. The van der Waals surface area contributed by atoms with Gasteiger partial charge in [0.05, 0.1) is 0 Å². The quantitative estimate of drug-likeness (QED) is 0.0480. The van der Waals surface area contributed by atoms with Crippen molar-refractivity contribution in [3.05, 3.63) is 0 Å². The second-order valence-corrected chi connectivity index (χ2v) is 35.1. The molecule has 0 aromatic rings. The van der Waals surface area contributed by atoms with E-state index >= 15 is 0 Å². The van der Waals surface area contributed by atoms with Crippen LogP contribution in [0.3, 0.4) is 0 Å². The first-order chi connectivity index (χ1) is 20.1. The van der Waals surface area contributed by atoms with Gasteiger partial charge in [-0.25, -0.2) is 0 Å². The van der Waals surface area contributed by atoms with Gasteiger partial charge in [0.25, 0.3) is 0 Å². The van der Waals surface area contributed by atoms with E-state index in [4.69, 9.17) is 7.56 Å². The first-order valence-corrected chi connectivity index (χ1v) is 31.8. The summed E-state index contributed by atoms with van der Waals surface area (Å²) in [7, 11) is 0. The van der Waals surface area contributed by atoms with E-state index in [1.54, 1.807) is 0 Å². The third kappa shape index (κ3) is 24.4. The number of hydrogen-bond acceptors (Lipinski definition) is 3. The average molecular weight is 796 g/mol. The van der Waals surface area contributed by atoms with Crippen LogP contribution in [-0.2, 0) is 7.56 Å². The van der Waals surface area contributed by atoms with Gasteiger partial charge in [-0.1, -0.05) is 0 Å². The molecule has 0 atom stereocenters. The molecule has 0 aliphatic carbocycles. The third-order valence-electron chi connectivity index (χ3n) is 8.83. The summed E-state index contributed by atoms with van der Waals surface area (Å²) in [6.07, 6.45) is 32.6. The van der Waals surface area contributed by atoms with E-state index in [9.17, 15) is 0 Å². The van der Waals surface area contributed by atoms with Gasteiger partial charge in [0.1, 0.15) is 0 Å². The van der Waals surface area contributed by atoms with Crippen LogP contribution in [0.1, 0.15) is 196 Å². The summed E-state index contributed by atoms with van der Waals surface area (Å²) < 4.78 is 26.8. The van der Waals surface area contributed by atoms with E-state index in [2.05, 4.69) is 41.5 Å². The molecule has 0 aliphatic rings. The van der Waals surface area contributed by atoms with Crippen LogP contribution in [0.5, 0.6) is 0 Å². The summed E-state index contributed by atoms with van der Waals surface area (Å²) in [6, 6.07) is 0. The van der Waals surface area contributed by atoms with Gasteiger partial charge in [-0.05, 0) is 0 Å². The van der Waals surface area contributed by atoms with Gasteiger partial charge >= 0.3 is 273 Å².